The quantitative estimate of drug-likeness (QED) is 0.775. The molecule has 0 aliphatic rings. The van der Waals surface area contributed by atoms with Gasteiger partial charge in [0.1, 0.15) is 11.6 Å². The molecule has 19 heavy (non-hydrogen) atoms. The molecule has 2 atom stereocenters. The number of nitrogens with two attached hydrogens (primary N) is 1. The first-order valence-corrected chi connectivity index (χ1v) is 6.21. The highest BCUT2D eigenvalue weighted by Crippen LogP contribution is 2.17. The molecule has 0 aromatic heterocycles. The summed E-state index contributed by atoms with van der Waals surface area (Å²) in [6, 6.07) is 8.28. The van der Waals surface area contributed by atoms with Crippen molar-refractivity contribution in [3.05, 3.63) is 35.9 Å². The Hall–Kier alpha value is -1.88. The number of esters is 1. The molecule has 0 spiro atoms. The summed E-state index contributed by atoms with van der Waals surface area (Å²) in [5.74, 6) is -0.890. The maximum absolute atomic E-state index is 12.1. The number of hydrogen-bond donors (Lipinski definition) is 2. The number of rotatable bonds is 5. The van der Waals surface area contributed by atoms with Gasteiger partial charge in [-0.1, -0.05) is 30.3 Å². The molecule has 0 radical (unpaired) electrons. The van der Waals surface area contributed by atoms with E-state index >= 15 is 0 Å². The Labute approximate surface area is 113 Å². The van der Waals surface area contributed by atoms with Gasteiger partial charge in [-0.15, -0.1) is 0 Å². The fourth-order valence-corrected chi connectivity index (χ4v) is 1.59. The molecule has 1 amide bonds. The highest BCUT2D eigenvalue weighted by molar-refractivity contribution is 5.90. The summed E-state index contributed by atoms with van der Waals surface area (Å²) in [5, 5.41) is 2.56. The van der Waals surface area contributed by atoms with Crippen LogP contribution in [0.15, 0.2) is 30.3 Å². The van der Waals surface area contributed by atoms with Gasteiger partial charge in [0.15, 0.2) is 0 Å². The second kappa shape index (κ2) is 6.33. The number of carbonyl (C=O) groups is 2. The lowest BCUT2D eigenvalue weighted by Gasteiger charge is -2.25. The van der Waals surface area contributed by atoms with Crippen molar-refractivity contribution in [1.29, 1.82) is 0 Å². The number of carbonyl (C=O) groups excluding carboxylic acids is 2. The third kappa shape index (κ3) is 3.79. The first-order valence-electron chi connectivity index (χ1n) is 6.21. The smallest absolute Gasteiger partial charge is 0.328 e. The van der Waals surface area contributed by atoms with Crippen LogP contribution in [0.4, 0.5) is 0 Å². The maximum Gasteiger partial charge on any atom is 0.328 e. The molecule has 0 fully saturated rings. The van der Waals surface area contributed by atoms with E-state index in [-0.39, 0.29) is 6.61 Å². The van der Waals surface area contributed by atoms with E-state index in [2.05, 4.69) is 5.32 Å². The first-order chi connectivity index (χ1) is 8.89. The molecular weight excluding hydrogens is 244 g/mol. The summed E-state index contributed by atoms with van der Waals surface area (Å²) >= 11 is 0. The Morgan fingerprint density at radius 1 is 1.37 bits per heavy atom. The average Bonchev–Trinajstić information content (AvgIpc) is 2.39. The van der Waals surface area contributed by atoms with Gasteiger partial charge in [-0.05, 0) is 26.3 Å². The van der Waals surface area contributed by atoms with Crippen molar-refractivity contribution in [2.24, 2.45) is 5.73 Å². The van der Waals surface area contributed by atoms with Gasteiger partial charge >= 0.3 is 5.97 Å². The Morgan fingerprint density at radius 3 is 2.47 bits per heavy atom. The molecule has 5 heteroatoms. The van der Waals surface area contributed by atoms with Crippen molar-refractivity contribution in [3.8, 4) is 0 Å². The maximum atomic E-state index is 12.1. The van der Waals surface area contributed by atoms with E-state index in [1.807, 2.05) is 18.2 Å². The fourth-order valence-electron chi connectivity index (χ4n) is 1.59. The number of nitrogens with one attached hydrogen (secondary N) is 1. The van der Waals surface area contributed by atoms with E-state index in [9.17, 15) is 9.59 Å². The monoisotopic (exact) mass is 264 g/mol. The van der Waals surface area contributed by atoms with Crippen LogP contribution in [0.25, 0.3) is 0 Å². The molecule has 1 aromatic rings. The molecule has 0 bridgehead atoms. The zero-order chi connectivity index (χ0) is 14.5. The molecule has 5 nitrogen and oxygen atoms in total. The number of amides is 1. The molecule has 1 rings (SSSR count). The molecule has 0 saturated carbocycles. The van der Waals surface area contributed by atoms with E-state index in [0.717, 1.165) is 0 Å². The lowest BCUT2D eigenvalue weighted by Crippen LogP contribution is -2.53. The van der Waals surface area contributed by atoms with Gasteiger partial charge in [0.25, 0.3) is 0 Å². The summed E-state index contributed by atoms with van der Waals surface area (Å²) < 4.78 is 4.83. The third-order valence-electron chi connectivity index (χ3n) is 2.83. The molecule has 1 aromatic carbocycles. The van der Waals surface area contributed by atoms with Crippen molar-refractivity contribution in [1.82, 2.24) is 5.32 Å². The topological polar surface area (TPSA) is 81.4 Å². The largest absolute Gasteiger partial charge is 0.464 e. The zero-order valence-electron chi connectivity index (χ0n) is 11.5. The van der Waals surface area contributed by atoms with E-state index in [0.29, 0.717) is 5.56 Å². The Morgan fingerprint density at radius 2 is 1.95 bits per heavy atom. The number of ether oxygens (including phenoxy) is 1. The third-order valence-corrected chi connectivity index (χ3v) is 2.83. The van der Waals surface area contributed by atoms with Gasteiger partial charge in [0.2, 0.25) is 5.91 Å². The fraction of sp³-hybridized carbons (Fsp3) is 0.429. The lowest BCUT2D eigenvalue weighted by molar-refractivity contribution is -0.147. The van der Waals surface area contributed by atoms with Crippen LogP contribution in [-0.4, -0.2) is 24.5 Å². The second-order valence-electron chi connectivity index (χ2n) is 4.52. The van der Waals surface area contributed by atoms with Crippen LogP contribution in [0.2, 0.25) is 0 Å². The molecule has 0 aliphatic heterocycles. The van der Waals surface area contributed by atoms with Crippen LogP contribution in [0.3, 0.4) is 0 Å². The van der Waals surface area contributed by atoms with Crippen molar-refractivity contribution in [3.63, 3.8) is 0 Å². The van der Waals surface area contributed by atoms with E-state index in [1.165, 1.54) is 0 Å². The first kappa shape index (κ1) is 15.2. The van der Waals surface area contributed by atoms with Crippen LogP contribution < -0.4 is 11.1 Å². The molecular formula is C14H20N2O3. The SMILES string of the molecule is CCOC(=O)C(C)NC(=O)C(C)(N)c1ccccc1. The summed E-state index contributed by atoms with van der Waals surface area (Å²) in [6.45, 7) is 5.16. The highest BCUT2D eigenvalue weighted by atomic mass is 16.5. The van der Waals surface area contributed by atoms with Crippen molar-refractivity contribution in [2.75, 3.05) is 6.61 Å². The minimum absolute atomic E-state index is 0.275. The Bertz CT molecular complexity index is 443. The van der Waals surface area contributed by atoms with Gasteiger partial charge in [0.05, 0.1) is 6.61 Å². The van der Waals surface area contributed by atoms with Gasteiger partial charge in [-0.2, -0.15) is 0 Å². The number of hydrogen-bond acceptors (Lipinski definition) is 4. The minimum Gasteiger partial charge on any atom is -0.464 e. The van der Waals surface area contributed by atoms with E-state index in [1.54, 1.807) is 32.9 Å². The van der Waals surface area contributed by atoms with Crippen LogP contribution in [0.5, 0.6) is 0 Å². The van der Waals surface area contributed by atoms with Crippen molar-refractivity contribution >= 4 is 11.9 Å². The van der Waals surface area contributed by atoms with Crippen LogP contribution in [-0.2, 0) is 19.9 Å². The van der Waals surface area contributed by atoms with Crippen LogP contribution >= 0.6 is 0 Å². The predicted molar refractivity (Wildman–Crippen MR) is 72.2 cm³/mol. The molecule has 3 N–H and O–H groups in total. The zero-order valence-corrected chi connectivity index (χ0v) is 11.5. The Balaban J connectivity index is 2.75. The lowest BCUT2D eigenvalue weighted by atomic mass is 9.92. The number of benzene rings is 1. The van der Waals surface area contributed by atoms with E-state index < -0.39 is 23.5 Å². The Kier molecular flexibility index (Phi) is 5.06. The van der Waals surface area contributed by atoms with Crippen molar-refractivity contribution < 1.29 is 14.3 Å². The summed E-state index contributed by atoms with van der Waals surface area (Å²) in [6.07, 6.45) is 0. The standard InChI is InChI=1S/C14H20N2O3/c1-4-19-12(17)10(2)16-13(18)14(3,15)11-8-6-5-7-9-11/h5-10H,4,15H2,1-3H3,(H,16,18). The second-order valence-corrected chi connectivity index (χ2v) is 4.52. The summed E-state index contributed by atoms with van der Waals surface area (Å²) in [4.78, 5) is 23.6. The van der Waals surface area contributed by atoms with Gasteiger partial charge < -0.3 is 15.8 Å². The minimum atomic E-state index is -1.19. The summed E-state index contributed by atoms with van der Waals surface area (Å²) in [7, 11) is 0. The molecule has 0 heterocycles. The molecule has 0 saturated heterocycles. The molecule has 104 valence electrons. The predicted octanol–water partition coefficient (Wildman–Crippen LogP) is 0.928. The molecule has 2 unspecified atom stereocenters. The molecule has 0 aliphatic carbocycles. The van der Waals surface area contributed by atoms with Crippen LogP contribution in [0.1, 0.15) is 26.3 Å². The van der Waals surface area contributed by atoms with Gasteiger partial charge in [-0.25, -0.2) is 4.79 Å². The summed E-state index contributed by atoms with van der Waals surface area (Å²) in [5.41, 5.74) is 5.53. The van der Waals surface area contributed by atoms with Gasteiger partial charge in [-0.3, -0.25) is 4.79 Å². The average molecular weight is 264 g/mol. The van der Waals surface area contributed by atoms with E-state index in [4.69, 9.17) is 10.5 Å². The normalized spacial score (nSPS) is 15.2. The van der Waals surface area contributed by atoms with Crippen molar-refractivity contribution in [2.45, 2.75) is 32.4 Å². The van der Waals surface area contributed by atoms with Crippen LogP contribution in [0, 0.1) is 0 Å². The highest BCUT2D eigenvalue weighted by Gasteiger charge is 2.32. The van der Waals surface area contributed by atoms with Gasteiger partial charge in [0, 0.05) is 0 Å².